The minimum atomic E-state index is -4.81. The number of ether oxygens (including phenoxy) is 1. The van der Waals surface area contributed by atoms with Crippen molar-refractivity contribution in [2.75, 3.05) is 30.9 Å². The quantitative estimate of drug-likeness (QED) is 0.543. The number of halogens is 4. The van der Waals surface area contributed by atoms with Crippen molar-refractivity contribution in [3.8, 4) is 0 Å². The molecule has 182 valence electrons. The molecule has 0 saturated heterocycles. The normalized spacial score (nSPS) is 11.6. The predicted molar refractivity (Wildman–Crippen MR) is 116 cm³/mol. The average molecular weight is 494 g/mol. The number of alkyl halides is 3. The Morgan fingerprint density at radius 2 is 1.97 bits per heavy atom. The van der Waals surface area contributed by atoms with Crippen LogP contribution in [-0.2, 0) is 28.8 Å². The molecular formula is C19H23ClF3N5O5. The molecule has 2 aromatic heterocycles. The molecule has 0 saturated carbocycles. The van der Waals surface area contributed by atoms with Gasteiger partial charge in [0.25, 0.3) is 11.1 Å². The number of carbonyl (C=O) groups is 1. The molecule has 0 aliphatic rings. The van der Waals surface area contributed by atoms with Crippen molar-refractivity contribution < 1.29 is 22.7 Å². The van der Waals surface area contributed by atoms with Gasteiger partial charge in [-0.05, 0) is 12.5 Å². The summed E-state index contributed by atoms with van der Waals surface area (Å²) in [4.78, 5) is 52.9. The summed E-state index contributed by atoms with van der Waals surface area (Å²) >= 11 is 5.63. The van der Waals surface area contributed by atoms with E-state index in [0.717, 1.165) is 9.47 Å². The van der Waals surface area contributed by atoms with Gasteiger partial charge in [-0.2, -0.15) is 13.2 Å². The lowest BCUT2D eigenvalue weighted by atomic mass is 10.2. The van der Waals surface area contributed by atoms with Gasteiger partial charge in [-0.25, -0.2) is 4.79 Å². The maximum atomic E-state index is 13.1. The van der Waals surface area contributed by atoms with E-state index in [2.05, 4.69) is 4.98 Å². The van der Waals surface area contributed by atoms with E-state index in [-0.39, 0.29) is 31.2 Å². The predicted octanol–water partition coefficient (Wildman–Crippen LogP) is 1.43. The van der Waals surface area contributed by atoms with Crippen molar-refractivity contribution in [2.45, 2.75) is 39.0 Å². The molecule has 0 radical (unpaired) electrons. The minimum Gasteiger partial charge on any atom is -0.383 e. The summed E-state index contributed by atoms with van der Waals surface area (Å²) in [5.74, 6) is -1.24. The fraction of sp³-hybridized carbons (Fsp3) is 0.474. The van der Waals surface area contributed by atoms with Crippen molar-refractivity contribution in [3.63, 3.8) is 0 Å². The number of hydrogen-bond donors (Lipinski definition) is 2. The number of nitrogens with one attached hydrogen (secondary N) is 1. The Morgan fingerprint density at radius 3 is 2.55 bits per heavy atom. The van der Waals surface area contributed by atoms with E-state index >= 15 is 0 Å². The summed E-state index contributed by atoms with van der Waals surface area (Å²) in [6.07, 6.45) is -3.09. The first kappa shape index (κ1) is 26.2. The van der Waals surface area contributed by atoms with E-state index in [4.69, 9.17) is 22.1 Å². The fourth-order valence-corrected chi connectivity index (χ4v) is 3.25. The van der Waals surface area contributed by atoms with Crippen LogP contribution >= 0.6 is 11.6 Å². The van der Waals surface area contributed by atoms with Crippen molar-refractivity contribution in [3.05, 3.63) is 54.0 Å². The Kier molecular flexibility index (Phi) is 8.50. The number of nitrogen functional groups attached to an aromatic ring is 1. The maximum Gasteiger partial charge on any atom is 0.417 e. The molecule has 0 aliphatic heterocycles. The fourth-order valence-electron chi connectivity index (χ4n) is 3.02. The van der Waals surface area contributed by atoms with Crippen LogP contribution in [0.4, 0.5) is 24.7 Å². The van der Waals surface area contributed by atoms with E-state index in [1.807, 2.05) is 6.92 Å². The molecule has 2 aromatic rings. The van der Waals surface area contributed by atoms with E-state index in [0.29, 0.717) is 29.7 Å². The Morgan fingerprint density at radius 1 is 1.30 bits per heavy atom. The Balaban J connectivity index is 2.56. The number of H-pyrrole nitrogens is 1. The van der Waals surface area contributed by atoms with Gasteiger partial charge in [0.05, 0.1) is 12.2 Å². The van der Waals surface area contributed by atoms with Crippen LogP contribution < -0.4 is 27.4 Å². The number of unbranched alkanes of at least 4 members (excludes halogenated alkanes) is 1. The van der Waals surface area contributed by atoms with Gasteiger partial charge < -0.3 is 19.9 Å². The number of aromatic amines is 1. The second-order valence-electron chi connectivity index (χ2n) is 7.04. The summed E-state index contributed by atoms with van der Waals surface area (Å²) in [5, 5.41) is -0.730. The number of aromatic nitrogens is 3. The SMILES string of the molecule is CCCCn1c(N)c(N(CCOC)C(=O)Cn2cc(C(F)(F)F)cc(Cl)c2=O)c(=O)[nH]c1=O. The first-order valence-corrected chi connectivity index (χ1v) is 10.2. The first-order valence-electron chi connectivity index (χ1n) is 9.81. The molecule has 1 amide bonds. The first-order chi connectivity index (χ1) is 15.4. The van der Waals surface area contributed by atoms with E-state index in [1.54, 1.807) is 0 Å². The largest absolute Gasteiger partial charge is 0.417 e. The molecular weight excluding hydrogens is 471 g/mol. The molecule has 0 bridgehead atoms. The number of nitrogens with two attached hydrogens (primary N) is 1. The van der Waals surface area contributed by atoms with Crippen molar-refractivity contribution in [2.24, 2.45) is 0 Å². The summed E-state index contributed by atoms with van der Waals surface area (Å²) < 4.78 is 45.9. The zero-order valence-corrected chi connectivity index (χ0v) is 18.6. The molecule has 0 fully saturated rings. The molecule has 2 heterocycles. The van der Waals surface area contributed by atoms with Crippen LogP contribution in [0.15, 0.2) is 26.6 Å². The van der Waals surface area contributed by atoms with Crippen LogP contribution in [0, 0.1) is 0 Å². The Hall–Kier alpha value is -3.06. The summed E-state index contributed by atoms with van der Waals surface area (Å²) in [5.41, 5.74) is 1.67. The molecule has 0 aromatic carbocycles. The van der Waals surface area contributed by atoms with E-state index < -0.39 is 46.0 Å². The van der Waals surface area contributed by atoms with Crippen LogP contribution in [-0.4, -0.2) is 40.3 Å². The second kappa shape index (κ2) is 10.7. The highest BCUT2D eigenvalue weighted by molar-refractivity contribution is 6.30. The van der Waals surface area contributed by atoms with Crippen molar-refractivity contribution in [1.82, 2.24) is 14.1 Å². The molecule has 10 nitrogen and oxygen atoms in total. The van der Waals surface area contributed by atoms with Gasteiger partial charge in [-0.3, -0.25) is 23.9 Å². The molecule has 0 spiro atoms. The van der Waals surface area contributed by atoms with Gasteiger partial charge in [-0.15, -0.1) is 0 Å². The number of hydrogen-bond acceptors (Lipinski definition) is 6. The highest BCUT2D eigenvalue weighted by Gasteiger charge is 2.33. The van der Waals surface area contributed by atoms with Gasteiger partial charge in [0.2, 0.25) is 5.91 Å². The van der Waals surface area contributed by atoms with Crippen LogP contribution in [0.2, 0.25) is 5.02 Å². The molecule has 3 N–H and O–H groups in total. The third-order valence-electron chi connectivity index (χ3n) is 4.71. The van der Waals surface area contributed by atoms with Crippen LogP contribution in [0.3, 0.4) is 0 Å². The van der Waals surface area contributed by atoms with E-state index in [1.165, 1.54) is 7.11 Å². The lowest BCUT2D eigenvalue weighted by Crippen LogP contribution is -2.44. The lowest BCUT2D eigenvalue weighted by molar-refractivity contribution is -0.138. The summed E-state index contributed by atoms with van der Waals surface area (Å²) in [6.45, 7) is 0.867. The zero-order chi connectivity index (χ0) is 24.9. The van der Waals surface area contributed by atoms with Gasteiger partial charge >= 0.3 is 11.9 Å². The number of pyridine rings is 1. The van der Waals surface area contributed by atoms with Gasteiger partial charge in [-0.1, -0.05) is 24.9 Å². The standard InChI is InChI=1S/C19H23ClF3N5O5/c1-3-4-5-28-15(24)14(16(30)25-18(28)32)27(6-7-33-2)13(29)10-26-9-11(19(21,22)23)8-12(20)17(26)31/h8-9H,3-7,10,24H2,1-2H3,(H,25,30,32). The maximum absolute atomic E-state index is 13.1. The highest BCUT2D eigenvalue weighted by Crippen LogP contribution is 2.29. The summed E-state index contributed by atoms with van der Waals surface area (Å²) in [6, 6.07) is 0.458. The monoisotopic (exact) mass is 493 g/mol. The molecule has 14 heteroatoms. The van der Waals surface area contributed by atoms with Crippen LogP contribution in [0.25, 0.3) is 0 Å². The van der Waals surface area contributed by atoms with Gasteiger partial charge in [0, 0.05) is 26.4 Å². The number of methoxy groups -OCH3 is 1. The molecule has 0 atom stereocenters. The van der Waals surface area contributed by atoms with Crippen LogP contribution in [0.1, 0.15) is 25.3 Å². The summed E-state index contributed by atoms with van der Waals surface area (Å²) in [7, 11) is 1.33. The van der Waals surface area contributed by atoms with Crippen LogP contribution in [0.5, 0.6) is 0 Å². The zero-order valence-electron chi connectivity index (χ0n) is 17.9. The Labute approximate surface area is 190 Å². The average Bonchev–Trinajstić information content (AvgIpc) is 2.72. The molecule has 33 heavy (non-hydrogen) atoms. The van der Waals surface area contributed by atoms with Crippen molar-refractivity contribution >= 4 is 29.0 Å². The van der Waals surface area contributed by atoms with E-state index in [9.17, 15) is 32.3 Å². The number of nitrogens with zero attached hydrogens (tertiary/aromatic N) is 3. The van der Waals surface area contributed by atoms with Gasteiger partial charge in [0.1, 0.15) is 17.4 Å². The smallest absolute Gasteiger partial charge is 0.383 e. The molecule has 2 rings (SSSR count). The number of rotatable bonds is 9. The molecule has 0 unspecified atom stereocenters. The second-order valence-corrected chi connectivity index (χ2v) is 7.45. The number of anilines is 2. The topological polar surface area (TPSA) is 132 Å². The Bertz CT molecular complexity index is 1190. The van der Waals surface area contributed by atoms with Crippen molar-refractivity contribution in [1.29, 1.82) is 0 Å². The molecule has 0 aliphatic carbocycles. The minimum absolute atomic E-state index is 0.0725. The van der Waals surface area contributed by atoms with Gasteiger partial charge in [0.15, 0.2) is 5.69 Å². The number of carbonyl (C=O) groups excluding carboxylic acids is 1. The highest BCUT2D eigenvalue weighted by atomic mass is 35.5. The number of amides is 1. The lowest BCUT2D eigenvalue weighted by Gasteiger charge is -2.25. The third kappa shape index (κ3) is 6.05. The third-order valence-corrected chi connectivity index (χ3v) is 4.99.